The van der Waals surface area contributed by atoms with Gasteiger partial charge in [0.15, 0.2) is 0 Å². The van der Waals surface area contributed by atoms with Crippen LogP contribution in [0.1, 0.15) is 12.7 Å². The molecule has 1 heterocycles. The van der Waals surface area contributed by atoms with Gasteiger partial charge >= 0.3 is 0 Å². The predicted octanol–water partition coefficient (Wildman–Crippen LogP) is 4.59. The molecule has 0 bridgehead atoms. The van der Waals surface area contributed by atoms with Crippen LogP contribution in [-0.2, 0) is 6.42 Å². The number of benzene rings is 2. The lowest BCUT2D eigenvalue weighted by molar-refractivity contribution is 0.908. The van der Waals surface area contributed by atoms with Crippen molar-refractivity contribution in [3.63, 3.8) is 0 Å². The van der Waals surface area contributed by atoms with Crippen molar-refractivity contribution in [3.05, 3.63) is 51.7 Å². The van der Waals surface area contributed by atoms with Crippen LogP contribution in [0.3, 0.4) is 0 Å². The van der Waals surface area contributed by atoms with Crippen LogP contribution in [0.2, 0.25) is 5.02 Å². The number of hydrogen-bond donors (Lipinski definition) is 1. The zero-order chi connectivity index (χ0) is 14.3. The first-order chi connectivity index (χ1) is 9.60. The van der Waals surface area contributed by atoms with Crippen molar-refractivity contribution in [2.45, 2.75) is 13.3 Å². The molecule has 0 aliphatic rings. The minimum absolute atomic E-state index is 0.695. The molecule has 0 atom stereocenters. The summed E-state index contributed by atoms with van der Waals surface area (Å²) in [6.07, 6.45) is 0.842. The molecule has 0 saturated carbocycles. The smallest absolute Gasteiger partial charge is 0.114 e. The molecule has 0 spiro atoms. The van der Waals surface area contributed by atoms with Crippen molar-refractivity contribution in [1.82, 2.24) is 9.55 Å². The molecule has 0 fully saturated rings. The first-order valence-electron chi connectivity index (χ1n) is 6.32. The van der Waals surface area contributed by atoms with Gasteiger partial charge in [0.25, 0.3) is 0 Å². The number of nitrogens with zero attached hydrogens (tertiary/aromatic N) is 2. The predicted molar refractivity (Wildman–Crippen MR) is 87.6 cm³/mol. The van der Waals surface area contributed by atoms with Gasteiger partial charge in [0, 0.05) is 22.3 Å². The van der Waals surface area contributed by atoms with E-state index in [0.29, 0.717) is 5.02 Å². The fraction of sp³-hybridized carbons (Fsp3) is 0.133. The van der Waals surface area contributed by atoms with E-state index in [0.717, 1.165) is 39.1 Å². The second-order valence-electron chi connectivity index (χ2n) is 4.56. The maximum atomic E-state index is 6.07. The van der Waals surface area contributed by atoms with Crippen LogP contribution in [0.25, 0.3) is 16.7 Å². The number of halogens is 2. The Morgan fingerprint density at radius 3 is 2.75 bits per heavy atom. The third-order valence-electron chi connectivity index (χ3n) is 3.23. The summed E-state index contributed by atoms with van der Waals surface area (Å²) in [6, 6.07) is 11.7. The summed E-state index contributed by atoms with van der Waals surface area (Å²) in [5.74, 6) is 1.000. The highest BCUT2D eigenvalue weighted by Crippen LogP contribution is 2.29. The maximum Gasteiger partial charge on any atom is 0.114 e. The molecular formula is C15H13BrClN3. The number of aryl methyl sites for hydroxylation is 1. The number of anilines is 1. The Kier molecular flexibility index (Phi) is 3.44. The first kappa shape index (κ1) is 13.5. The van der Waals surface area contributed by atoms with Gasteiger partial charge in [0.05, 0.1) is 16.1 Å². The second-order valence-corrected chi connectivity index (χ2v) is 5.83. The Morgan fingerprint density at radius 1 is 1.25 bits per heavy atom. The molecule has 0 radical (unpaired) electrons. The lowest BCUT2D eigenvalue weighted by Crippen LogP contribution is -2.00. The molecule has 0 amide bonds. The molecule has 0 saturated heterocycles. The topological polar surface area (TPSA) is 43.8 Å². The Labute approximate surface area is 130 Å². The van der Waals surface area contributed by atoms with Crippen LogP contribution < -0.4 is 5.73 Å². The number of rotatable bonds is 2. The van der Waals surface area contributed by atoms with Gasteiger partial charge in [-0.15, -0.1) is 0 Å². The largest absolute Gasteiger partial charge is 0.399 e. The van der Waals surface area contributed by atoms with E-state index in [1.165, 1.54) is 0 Å². The van der Waals surface area contributed by atoms with Crippen molar-refractivity contribution in [2.75, 3.05) is 5.73 Å². The van der Waals surface area contributed by atoms with E-state index in [9.17, 15) is 0 Å². The lowest BCUT2D eigenvalue weighted by Gasteiger charge is -2.09. The summed E-state index contributed by atoms with van der Waals surface area (Å²) in [7, 11) is 0. The summed E-state index contributed by atoms with van der Waals surface area (Å²) >= 11 is 9.53. The third-order valence-corrected chi connectivity index (χ3v) is 4.44. The summed E-state index contributed by atoms with van der Waals surface area (Å²) in [6.45, 7) is 2.09. The zero-order valence-electron chi connectivity index (χ0n) is 10.9. The first-order valence-corrected chi connectivity index (χ1v) is 7.49. The van der Waals surface area contributed by atoms with Crippen LogP contribution in [0.15, 0.2) is 40.9 Å². The highest BCUT2D eigenvalue weighted by molar-refractivity contribution is 9.10. The van der Waals surface area contributed by atoms with E-state index in [1.54, 1.807) is 0 Å². The van der Waals surface area contributed by atoms with Crippen LogP contribution in [-0.4, -0.2) is 9.55 Å². The Bertz CT molecular complexity index is 795. The molecule has 0 aliphatic carbocycles. The molecule has 3 nitrogen and oxygen atoms in total. The van der Waals surface area contributed by atoms with Crippen LogP contribution >= 0.6 is 27.5 Å². The summed E-state index contributed by atoms with van der Waals surface area (Å²) < 4.78 is 3.01. The number of nitrogens with two attached hydrogens (primary N) is 1. The molecule has 5 heteroatoms. The van der Waals surface area contributed by atoms with E-state index < -0.39 is 0 Å². The van der Waals surface area contributed by atoms with Crippen molar-refractivity contribution >= 4 is 44.3 Å². The Hall–Kier alpha value is -1.52. The standard InChI is InChI=1S/C15H13BrClN3/c1-2-15-19-13-7-9(18)3-6-14(13)20(15)10-4-5-12(17)11(16)8-10/h3-8H,2,18H2,1H3. The van der Waals surface area contributed by atoms with E-state index in [-0.39, 0.29) is 0 Å². The average molecular weight is 351 g/mol. The van der Waals surface area contributed by atoms with Crippen molar-refractivity contribution in [2.24, 2.45) is 0 Å². The highest BCUT2D eigenvalue weighted by Gasteiger charge is 2.12. The molecule has 3 rings (SSSR count). The molecule has 2 N–H and O–H groups in total. The van der Waals surface area contributed by atoms with Gasteiger partial charge in [-0.3, -0.25) is 4.57 Å². The van der Waals surface area contributed by atoms with Crippen LogP contribution in [0, 0.1) is 0 Å². The van der Waals surface area contributed by atoms with Crippen molar-refractivity contribution in [1.29, 1.82) is 0 Å². The minimum atomic E-state index is 0.695. The van der Waals surface area contributed by atoms with E-state index in [2.05, 4.69) is 32.4 Å². The molecule has 2 aromatic carbocycles. The fourth-order valence-electron chi connectivity index (χ4n) is 2.30. The monoisotopic (exact) mass is 349 g/mol. The highest BCUT2D eigenvalue weighted by atomic mass is 79.9. The third kappa shape index (κ3) is 2.19. The number of imidazole rings is 1. The van der Waals surface area contributed by atoms with Gasteiger partial charge in [0.2, 0.25) is 0 Å². The molecule has 20 heavy (non-hydrogen) atoms. The van der Waals surface area contributed by atoms with Gasteiger partial charge in [-0.05, 0) is 52.3 Å². The van der Waals surface area contributed by atoms with Gasteiger partial charge < -0.3 is 5.73 Å². The van der Waals surface area contributed by atoms with Crippen LogP contribution in [0.4, 0.5) is 5.69 Å². The molecular weight excluding hydrogens is 338 g/mol. The fourth-order valence-corrected chi connectivity index (χ4v) is 2.78. The minimum Gasteiger partial charge on any atom is -0.399 e. The number of aromatic nitrogens is 2. The molecule has 0 unspecified atom stereocenters. The van der Waals surface area contributed by atoms with E-state index >= 15 is 0 Å². The summed E-state index contributed by atoms with van der Waals surface area (Å²) in [5, 5.41) is 0.695. The number of fused-ring (bicyclic) bond motifs is 1. The number of nitrogen functional groups attached to an aromatic ring is 1. The number of hydrogen-bond acceptors (Lipinski definition) is 2. The van der Waals surface area contributed by atoms with Gasteiger partial charge in [-0.25, -0.2) is 4.98 Å². The summed E-state index contributed by atoms with van der Waals surface area (Å²) in [4.78, 5) is 4.66. The molecule has 3 aromatic rings. The van der Waals surface area contributed by atoms with E-state index in [1.807, 2.05) is 36.4 Å². The van der Waals surface area contributed by atoms with Gasteiger partial charge in [-0.2, -0.15) is 0 Å². The zero-order valence-corrected chi connectivity index (χ0v) is 13.2. The summed E-state index contributed by atoms with van der Waals surface area (Å²) in [5.41, 5.74) is 9.55. The van der Waals surface area contributed by atoms with Gasteiger partial charge in [0.1, 0.15) is 5.82 Å². The molecule has 102 valence electrons. The molecule has 1 aromatic heterocycles. The Balaban J connectivity index is 2.30. The van der Waals surface area contributed by atoms with Gasteiger partial charge in [-0.1, -0.05) is 18.5 Å². The van der Waals surface area contributed by atoms with E-state index in [4.69, 9.17) is 17.3 Å². The normalized spacial score (nSPS) is 11.2. The quantitative estimate of drug-likeness (QED) is 0.687. The lowest BCUT2D eigenvalue weighted by atomic mass is 10.2. The van der Waals surface area contributed by atoms with Crippen LogP contribution in [0.5, 0.6) is 0 Å². The second kappa shape index (κ2) is 5.11. The SMILES string of the molecule is CCc1nc2cc(N)ccc2n1-c1ccc(Cl)c(Br)c1. The van der Waals surface area contributed by atoms with Crippen molar-refractivity contribution < 1.29 is 0 Å². The van der Waals surface area contributed by atoms with Crippen molar-refractivity contribution in [3.8, 4) is 5.69 Å². The average Bonchev–Trinajstić information content (AvgIpc) is 2.79. The molecule has 0 aliphatic heterocycles. The Morgan fingerprint density at radius 2 is 2.05 bits per heavy atom. The maximum absolute atomic E-state index is 6.07.